The highest BCUT2D eigenvalue weighted by molar-refractivity contribution is 7.13. The standard InChI is InChI=1S/C58H74N8O4S/c1-38(42-27-29-43(30-28-42)53-40(3)60-37-71-53)61-39(2)51-34-47(68)36-65(51)56(70)49(58(4,5)6)33-46(67)22-14-12-10-8-9-11-13-19-41-25-31-44(32-26-41)62-57-59-35-52-54(63-57)66(45-20-15-16-21-45)50-24-18-17-23-48(50)55(69)64(52)7/h17-18,23-32,35,37-38,45,47,49,51,61,68H,2,8-16,19-22,33-34,36H2,1,3-7H3,(H,59,62,63)/t38-,47+,49+,51-/m0/s1. The van der Waals surface area contributed by atoms with Crippen molar-refractivity contribution < 1.29 is 19.5 Å². The molecule has 0 unspecified atom stereocenters. The summed E-state index contributed by atoms with van der Waals surface area (Å²) in [4.78, 5) is 62.2. The van der Waals surface area contributed by atoms with Crippen LogP contribution in [0.1, 0.15) is 151 Å². The summed E-state index contributed by atoms with van der Waals surface area (Å²) in [6, 6.07) is 24.7. The molecule has 8 rings (SSSR count). The van der Waals surface area contributed by atoms with Gasteiger partial charge in [-0.1, -0.05) is 121 Å². The third-order valence-corrected chi connectivity index (χ3v) is 15.9. The topological polar surface area (TPSA) is 144 Å². The number of carbonyl (C=O) groups is 3. The lowest BCUT2D eigenvalue weighted by atomic mass is 9.76. The number of β-amino-alcohol motifs (C(OH)–C–C–N with tert-alkyl or cyclic N) is 1. The van der Waals surface area contributed by atoms with Gasteiger partial charge in [0.15, 0.2) is 5.82 Å². The maximum atomic E-state index is 14.3. The van der Waals surface area contributed by atoms with Crippen LogP contribution in [0.5, 0.6) is 0 Å². The number of nitrogens with zero attached hydrogens (tertiary/aromatic N) is 6. The Morgan fingerprint density at radius 1 is 0.901 bits per heavy atom. The molecule has 3 N–H and O–H groups in total. The molecule has 4 atom stereocenters. The predicted octanol–water partition coefficient (Wildman–Crippen LogP) is 12.4. The molecule has 2 aliphatic heterocycles. The highest BCUT2D eigenvalue weighted by Crippen LogP contribution is 2.44. The van der Waals surface area contributed by atoms with E-state index in [1.807, 2.05) is 57.5 Å². The molecular formula is C58H74N8O4S. The average molecular weight is 979 g/mol. The van der Waals surface area contributed by atoms with E-state index in [0.29, 0.717) is 35.7 Å². The predicted molar refractivity (Wildman–Crippen MR) is 288 cm³/mol. The van der Waals surface area contributed by atoms with Gasteiger partial charge in [0.1, 0.15) is 11.5 Å². The van der Waals surface area contributed by atoms with E-state index < -0.39 is 17.4 Å². The minimum absolute atomic E-state index is 0.0527. The molecule has 0 spiro atoms. The number of aromatic nitrogens is 3. The van der Waals surface area contributed by atoms with Gasteiger partial charge in [0.2, 0.25) is 11.9 Å². The number of thiazole rings is 1. The van der Waals surface area contributed by atoms with Crippen molar-refractivity contribution in [2.24, 2.45) is 11.3 Å². The van der Waals surface area contributed by atoms with Crippen molar-refractivity contribution in [1.82, 2.24) is 25.2 Å². The molecule has 2 amide bonds. The van der Waals surface area contributed by atoms with Crippen LogP contribution in [0.2, 0.25) is 0 Å². The summed E-state index contributed by atoms with van der Waals surface area (Å²) in [7, 11) is 1.80. The molecule has 3 aromatic carbocycles. The SMILES string of the molecule is C=C(N[C@@H](C)c1ccc(-c2scnc2C)cc1)[C@@H]1C[C@@H](O)CN1C(=O)[C@@H](CC(=O)CCCCCCCCCc1ccc(Nc2ncc3c(n2)N(C2CCCC2)c2ccccc2C(=O)N3C)cc1)C(C)(C)C. The van der Waals surface area contributed by atoms with Crippen LogP contribution in [0.25, 0.3) is 10.4 Å². The number of amides is 2. The zero-order chi connectivity index (χ0) is 50.2. The first-order chi connectivity index (χ1) is 34.2. The fraction of sp³-hybridized carbons (Fsp3) is 0.483. The van der Waals surface area contributed by atoms with Crippen LogP contribution in [0.4, 0.5) is 28.8 Å². The Morgan fingerprint density at radius 3 is 2.28 bits per heavy atom. The van der Waals surface area contributed by atoms with E-state index in [1.54, 1.807) is 34.4 Å². The second kappa shape index (κ2) is 23.1. The molecule has 1 aliphatic carbocycles. The maximum absolute atomic E-state index is 14.3. The van der Waals surface area contributed by atoms with Crippen molar-refractivity contribution >= 4 is 57.8 Å². The third kappa shape index (κ3) is 12.4. The number of fused-ring (bicyclic) bond motifs is 2. The second-order valence-corrected chi connectivity index (χ2v) is 22.1. The highest BCUT2D eigenvalue weighted by atomic mass is 32.1. The van der Waals surface area contributed by atoms with Crippen LogP contribution in [-0.2, 0) is 16.0 Å². The number of aliphatic hydroxyl groups is 1. The Kier molecular flexibility index (Phi) is 16.7. The molecule has 0 radical (unpaired) electrons. The molecule has 1 saturated heterocycles. The summed E-state index contributed by atoms with van der Waals surface area (Å²) in [5.74, 6) is 0.773. The number of likely N-dealkylation sites (tertiary alicyclic amines) is 1. The number of hydrogen-bond donors (Lipinski definition) is 3. The average Bonchev–Trinajstić information content (AvgIpc) is 4.14. The van der Waals surface area contributed by atoms with Gasteiger partial charge in [-0.3, -0.25) is 14.4 Å². The smallest absolute Gasteiger partial charge is 0.260 e. The first-order valence-electron chi connectivity index (χ1n) is 26.0. The zero-order valence-corrected chi connectivity index (χ0v) is 43.6. The quantitative estimate of drug-likeness (QED) is 0.0608. The van der Waals surface area contributed by atoms with Crippen molar-refractivity contribution in [3.63, 3.8) is 0 Å². The van der Waals surface area contributed by atoms with Crippen LogP contribution < -0.4 is 20.4 Å². The van der Waals surface area contributed by atoms with Crippen molar-refractivity contribution in [1.29, 1.82) is 0 Å². The van der Waals surface area contributed by atoms with Gasteiger partial charge in [-0.15, -0.1) is 11.3 Å². The maximum Gasteiger partial charge on any atom is 0.260 e. The number of aliphatic hydroxyl groups excluding tert-OH is 1. The van der Waals surface area contributed by atoms with Crippen LogP contribution in [0.15, 0.2) is 96.8 Å². The number of anilines is 5. The minimum atomic E-state index is -0.648. The monoisotopic (exact) mass is 979 g/mol. The van der Waals surface area contributed by atoms with Crippen LogP contribution >= 0.6 is 11.3 Å². The number of benzene rings is 3. The molecule has 376 valence electrons. The van der Waals surface area contributed by atoms with Crippen LogP contribution in [0.3, 0.4) is 0 Å². The molecule has 3 aliphatic rings. The number of rotatable bonds is 21. The molecular weight excluding hydrogens is 905 g/mol. The number of aryl methyl sites for hydroxylation is 2. The molecule has 0 bridgehead atoms. The van der Waals surface area contributed by atoms with E-state index in [1.165, 1.54) is 5.56 Å². The Labute approximate surface area is 425 Å². The Bertz CT molecular complexity index is 2640. The summed E-state index contributed by atoms with van der Waals surface area (Å²) < 4.78 is 0. The van der Waals surface area contributed by atoms with Crippen LogP contribution in [0, 0.1) is 18.3 Å². The van der Waals surface area contributed by atoms with Crippen molar-refractivity contribution in [3.8, 4) is 10.4 Å². The summed E-state index contributed by atoms with van der Waals surface area (Å²) in [6.45, 7) is 14.8. The van der Waals surface area contributed by atoms with Gasteiger partial charge in [0, 0.05) is 62.2 Å². The molecule has 12 nitrogen and oxygen atoms in total. The number of carbonyl (C=O) groups excluding carboxylic acids is 3. The fourth-order valence-electron chi connectivity index (χ4n) is 10.7. The second-order valence-electron chi connectivity index (χ2n) is 21.2. The minimum Gasteiger partial charge on any atom is -0.391 e. The van der Waals surface area contributed by atoms with E-state index in [2.05, 4.69) is 87.5 Å². The first-order valence-corrected chi connectivity index (χ1v) is 26.9. The summed E-state index contributed by atoms with van der Waals surface area (Å²) in [5.41, 5.74) is 9.92. The lowest BCUT2D eigenvalue weighted by Gasteiger charge is -2.36. The fourth-order valence-corrected chi connectivity index (χ4v) is 11.5. The molecule has 1 saturated carbocycles. The summed E-state index contributed by atoms with van der Waals surface area (Å²) in [6.07, 6.45) is 15.2. The Hall–Kier alpha value is -5.92. The Balaban J connectivity index is 0.743. The number of nitrogens with one attached hydrogen (secondary N) is 2. The largest absolute Gasteiger partial charge is 0.391 e. The summed E-state index contributed by atoms with van der Waals surface area (Å²) >= 11 is 1.63. The van der Waals surface area contributed by atoms with Gasteiger partial charge in [0.25, 0.3) is 5.91 Å². The molecule has 13 heteroatoms. The van der Waals surface area contributed by atoms with Gasteiger partial charge in [-0.25, -0.2) is 9.97 Å². The van der Waals surface area contributed by atoms with Gasteiger partial charge >= 0.3 is 0 Å². The molecule has 71 heavy (non-hydrogen) atoms. The highest BCUT2D eigenvalue weighted by Gasteiger charge is 2.43. The van der Waals surface area contributed by atoms with Gasteiger partial charge in [-0.2, -0.15) is 4.98 Å². The van der Waals surface area contributed by atoms with E-state index in [0.717, 1.165) is 116 Å². The lowest BCUT2D eigenvalue weighted by molar-refractivity contribution is -0.142. The molecule has 2 fully saturated rings. The normalized spacial score (nSPS) is 18.0. The number of para-hydroxylation sites is 1. The summed E-state index contributed by atoms with van der Waals surface area (Å²) in [5, 5.41) is 17.8. The zero-order valence-electron chi connectivity index (χ0n) is 42.8. The van der Waals surface area contributed by atoms with Crippen molar-refractivity contribution in [2.75, 3.05) is 28.7 Å². The number of unbranched alkanes of at least 4 members (excludes halogenated alkanes) is 6. The first kappa shape index (κ1) is 51.4. The van der Waals surface area contributed by atoms with Gasteiger partial charge < -0.3 is 30.4 Å². The number of hydrogen-bond acceptors (Lipinski definition) is 11. The number of ketones is 1. The molecule has 5 aromatic rings. The van der Waals surface area contributed by atoms with E-state index in [9.17, 15) is 19.5 Å². The van der Waals surface area contributed by atoms with E-state index >= 15 is 0 Å². The molecule has 2 aromatic heterocycles. The molecule has 4 heterocycles. The van der Waals surface area contributed by atoms with Gasteiger partial charge in [-0.05, 0) is 92.3 Å². The van der Waals surface area contributed by atoms with Crippen molar-refractivity contribution in [2.45, 2.75) is 155 Å². The van der Waals surface area contributed by atoms with Crippen LogP contribution in [-0.4, -0.2) is 74.3 Å². The van der Waals surface area contributed by atoms with E-state index in [4.69, 9.17) is 4.98 Å². The number of Topliss-reactive ketones (excluding diaryl/α,β-unsaturated/α-hetero) is 1. The Morgan fingerprint density at radius 2 is 1.59 bits per heavy atom. The third-order valence-electron chi connectivity index (χ3n) is 14.9. The lowest BCUT2D eigenvalue weighted by Crippen LogP contribution is -2.47. The van der Waals surface area contributed by atoms with Crippen molar-refractivity contribution in [3.05, 3.63) is 119 Å². The van der Waals surface area contributed by atoms with Gasteiger partial charge in [0.05, 0.1) is 45.7 Å². The van der Waals surface area contributed by atoms with E-state index in [-0.39, 0.29) is 48.7 Å².